The molecule has 1 aromatic heterocycles. The average molecular weight is 328 g/mol. The Morgan fingerprint density at radius 3 is 2.71 bits per heavy atom. The number of hydrogen-bond donors (Lipinski definition) is 2. The normalized spacial score (nSPS) is 21.0. The second-order valence-electron chi connectivity index (χ2n) is 6.29. The molecular weight excluding hydrogens is 308 g/mol. The second-order valence-corrected chi connectivity index (χ2v) is 6.29. The smallest absolute Gasteiger partial charge is 0.272 e. The highest BCUT2D eigenvalue weighted by Crippen LogP contribution is 2.23. The first kappa shape index (κ1) is 16.2. The topological polar surface area (TPSA) is 109 Å². The van der Waals surface area contributed by atoms with E-state index >= 15 is 0 Å². The van der Waals surface area contributed by atoms with Crippen molar-refractivity contribution in [3.05, 3.63) is 40.3 Å². The van der Waals surface area contributed by atoms with Crippen LogP contribution in [0, 0.1) is 5.92 Å². The van der Waals surface area contributed by atoms with Gasteiger partial charge in [0.15, 0.2) is 0 Å². The SMILES string of the molecule is C[C@H]1CC[C@H](C(N)=O)CN1C(=O)Cc1n[nH]c(=O)c2ccccc12. The number of carbonyl (C=O) groups is 2. The number of hydrogen-bond acceptors (Lipinski definition) is 4. The summed E-state index contributed by atoms with van der Waals surface area (Å²) in [4.78, 5) is 37.7. The third-order valence-electron chi connectivity index (χ3n) is 4.70. The van der Waals surface area contributed by atoms with Crippen LogP contribution in [0.15, 0.2) is 29.1 Å². The fourth-order valence-electron chi connectivity index (χ4n) is 3.24. The minimum Gasteiger partial charge on any atom is -0.369 e. The first-order valence-corrected chi connectivity index (χ1v) is 8.02. The number of nitrogens with two attached hydrogens (primary N) is 1. The molecule has 1 fully saturated rings. The number of nitrogens with zero attached hydrogens (tertiary/aromatic N) is 2. The number of amides is 2. The van der Waals surface area contributed by atoms with Crippen LogP contribution >= 0.6 is 0 Å². The summed E-state index contributed by atoms with van der Waals surface area (Å²) >= 11 is 0. The maximum absolute atomic E-state index is 12.7. The van der Waals surface area contributed by atoms with Gasteiger partial charge in [0.05, 0.1) is 23.4 Å². The zero-order chi connectivity index (χ0) is 17.3. The van der Waals surface area contributed by atoms with E-state index in [-0.39, 0.29) is 35.8 Å². The maximum atomic E-state index is 12.7. The maximum Gasteiger partial charge on any atom is 0.272 e. The molecule has 24 heavy (non-hydrogen) atoms. The van der Waals surface area contributed by atoms with Gasteiger partial charge in [-0.05, 0) is 25.8 Å². The Kier molecular flexibility index (Phi) is 4.33. The highest BCUT2D eigenvalue weighted by Gasteiger charge is 2.31. The van der Waals surface area contributed by atoms with Crippen LogP contribution in [0.5, 0.6) is 0 Å². The molecule has 1 aliphatic heterocycles. The van der Waals surface area contributed by atoms with E-state index in [1.165, 1.54) is 0 Å². The Labute approximate surface area is 138 Å². The number of primary amides is 1. The van der Waals surface area contributed by atoms with Crippen LogP contribution in [0.25, 0.3) is 10.8 Å². The molecule has 7 heteroatoms. The Morgan fingerprint density at radius 1 is 1.29 bits per heavy atom. The van der Waals surface area contributed by atoms with Gasteiger partial charge in [0.1, 0.15) is 0 Å². The molecule has 7 nitrogen and oxygen atoms in total. The summed E-state index contributed by atoms with van der Waals surface area (Å²) in [5, 5.41) is 7.67. The minimum atomic E-state index is -0.368. The second kappa shape index (κ2) is 6.43. The zero-order valence-electron chi connectivity index (χ0n) is 13.5. The summed E-state index contributed by atoms with van der Waals surface area (Å²) in [5.74, 6) is -0.782. The molecule has 0 saturated carbocycles. The van der Waals surface area contributed by atoms with Gasteiger partial charge in [-0.25, -0.2) is 5.10 Å². The monoisotopic (exact) mass is 328 g/mol. The van der Waals surface area contributed by atoms with Crippen molar-refractivity contribution in [3.8, 4) is 0 Å². The predicted octanol–water partition coefficient (Wildman–Crippen LogP) is 0.578. The van der Waals surface area contributed by atoms with E-state index in [9.17, 15) is 14.4 Å². The van der Waals surface area contributed by atoms with E-state index < -0.39 is 0 Å². The highest BCUT2D eigenvalue weighted by atomic mass is 16.2. The lowest BCUT2D eigenvalue weighted by molar-refractivity contribution is -0.137. The minimum absolute atomic E-state index is 0.0575. The van der Waals surface area contributed by atoms with Crippen LogP contribution in [-0.2, 0) is 16.0 Å². The molecular formula is C17H20N4O3. The van der Waals surface area contributed by atoms with Gasteiger partial charge in [0.2, 0.25) is 11.8 Å². The average Bonchev–Trinajstić information content (AvgIpc) is 2.57. The molecule has 2 amide bonds. The van der Waals surface area contributed by atoms with Crippen LogP contribution in [0.3, 0.4) is 0 Å². The van der Waals surface area contributed by atoms with Crippen molar-refractivity contribution in [2.24, 2.45) is 11.7 Å². The van der Waals surface area contributed by atoms with Gasteiger partial charge < -0.3 is 10.6 Å². The summed E-state index contributed by atoms with van der Waals surface area (Å²) in [7, 11) is 0. The van der Waals surface area contributed by atoms with Crippen molar-refractivity contribution in [2.75, 3.05) is 6.54 Å². The Balaban J connectivity index is 1.86. The lowest BCUT2D eigenvalue weighted by atomic mass is 9.92. The summed E-state index contributed by atoms with van der Waals surface area (Å²) in [6.07, 6.45) is 1.53. The summed E-state index contributed by atoms with van der Waals surface area (Å²) in [5.41, 5.74) is 5.64. The molecule has 0 unspecified atom stereocenters. The Hall–Kier alpha value is -2.70. The fourth-order valence-corrected chi connectivity index (χ4v) is 3.24. The van der Waals surface area contributed by atoms with E-state index in [0.717, 1.165) is 6.42 Å². The Morgan fingerprint density at radius 2 is 2.00 bits per heavy atom. The van der Waals surface area contributed by atoms with Crippen molar-refractivity contribution in [1.82, 2.24) is 15.1 Å². The third-order valence-corrected chi connectivity index (χ3v) is 4.70. The van der Waals surface area contributed by atoms with Gasteiger partial charge in [0.25, 0.3) is 5.56 Å². The van der Waals surface area contributed by atoms with Gasteiger partial charge in [-0.3, -0.25) is 14.4 Å². The molecule has 2 atom stereocenters. The molecule has 1 saturated heterocycles. The Bertz CT molecular complexity index is 845. The molecule has 126 valence electrons. The largest absolute Gasteiger partial charge is 0.369 e. The predicted molar refractivity (Wildman–Crippen MR) is 89.2 cm³/mol. The molecule has 0 radical (unpaired) electrons. The highest BCUT2D eigenvalue weighted by molar-refractivity contribution is 5.88. The number of carbonyl (C=O) groups excluding carboxylic acids is 2. The quantitative estimate of drug-likeness (QED) is 0.858. The number of nitrogens with one attached hydrogen (secondary N) is 1. The van der Waals surface area contributed by atoms with E-state index in [1.54, 1.807) is 23.1 Å². The van der Waals surface area contributed by atoms with Crippen LogP contribution in [0.4, 0.5) is 0 Å². The molecule has 0 bridgehead atoms. The lowest BCUT2D eigenvalue weighted by Crippen LogP contribution is -2.49. The molecule has 1 aliphatic rings. The number of fused-ring (bicyclic) bond motifs is 1. The first-order chi connectivity index (χ1) is 11.5. The molecule has 2 heterocycles. The van der Waals surface area contributed by atoms with Gasteiger partial charge in [-0.15, -0.1) is 0 Å². The van der Waals surface area contributed by atoms with Crippen molar-refractivity contribution >= 4 is 22.6 Å². The zero-order valence-corrected chi connectivity index (χ0v) is 13.5. The first-order valence-electron chi connectivity index (χ1n) is 8.02. The number of H-pyrrole nitrogens is 1. The summed E-state index contributed by atoms with van der Waals surface area (Å²) in [6, 6.07) is 7.13. The van der Waals surface area contributed by atoms with E-state index in [1.807, 2.05) is 13.0 Å². The van der Waals surface area contributed by atoms with E-state index in [0.29, 0.717) is 29.4 Å². The van der Waals surface area contributed by atoms with Crippen molar-refractivity contribution in [1.29, 1.82) is 0 Å². The van der Waals surface area contributed by atoms with Crippen LogP contribution in [0.1, 0.15) is 25.5 Å². The molecule has 3 N–H and O–H groups in total. The molecule has 2 aromatic rings. The fraction of sp³-hybridized carbons (Fsp3) is 0.412. The number of benzene rings is 1. The number of piperidine rings is 1. The molecule has 0 spiro atoms. The standard InChI is InChI=1S/C17H20N4O3/c1-10-6-7-11(16(18)23)9-21(10)15(22)8-14-12-4-2-3-5-13(12)17(24)20-19-14/h2-5,10-11H,6-9H2,1H3,(H2,18,23)(H,20,24)/t10-,11-/m0/s1. The van der Waals surface area contributed by atoms with Crippen LogP contribution in [0.2, 0.25) is 0 Å². The number of likely N-dealkylation sites (tertiary alicyclic amines) is 1. The van der Waals surface area contributed by atoms with Gasteiger partial charge in [-0.2, -0.15) is 5.10 Å². The number of aromatic amines is 1. The van der Waals surface area contributed by atoms with Crippen molar-refractivity contribution in [3.63, 3.8) is 0 Å². The number of rotatable bonds is 3. The lowest BCUT2D eigenvalue weighted by Gasteiger charge is -2.37. The van der Waals surface area contributed by atoms with Crippen molar-refractivity contribution < 1.29 is 9.59 Å². The van der Waals surface area contributed by atoms with Crippen LogP contribution in [-0.4, -0.2) is 39.5 Å². The molecule has 0 aliphatic carbocycles. The van der Waals surface area contributed by atoms with Crippen LogP contribution < -0.4 is 11.3 Å². The van der Waals surface area contributed by atoms with Gasteiger partial charge >= 0.3 is 0 Å². The summed E-state index contributed by atoms with van der Waals surface area (Å²) < 4.78 is 0. The van der Waals surface area contributed by atoms with E-state index in [4.69, 9.17) is 5.73 Å². The van der Waals surface area contributed by atoms with Gasteiger partial charge in [-0.1, -0.05) is 18.2 Å². The number of aromatic nitrogens is 2. The van der Waals surface area contributed by atoms with E-state index in [2.05, 4.69) is 10.2 Å². The molecule has 1 aromatic carbocycles. The van der Waals surface area contributed by atoms with Crippen molar-refractivity contribution in [2.45, 2.75) is 32.2 Å². The van der Waals surface area contributed by atoms with Gasteiger partial charge in [0, 0.05) is 18.0 Å². The third kappa shape index (κ3) is 3.02. The summed E-state index contributed by atoms with van der Waals surface area (Å²) in [6.45, 7) is 2.31. The molecule has 3 rings (SSSR count).